The van der Waals surface area contributed by atoms with Crippen LogP contribution in [0, 0.1) is 13.8 Å². The molecule has 0 amide bonds. The minimum atomic E-state index is -0.561. The summed E-state index contributed by atoms with van der Waals surface area (Å²) in [4.78, 5) is 36.0. The Morgan fingerprint density at radius 1 is 1.00 bits per heavy atom. The molecule has 0 fully saturated rings. The number of nitrogens with zero attached hydrogens (tertiary/aromatic N) is 3. The number of aryl methyl sites for hydroxylation is 2. The van der Waals surface area contributed by atoms with Gasteiger partial charge in [0, 0.05) is 5.69 Å². The average molecular weight is 333 g/mol. The molecule has 2 aromatic heterocycles. The van der Waals surface area contributed by atoms with Crippen LogP contribution in [0.5, 0.6) is 0 Å². The predicted molar refractivity (Wildman–Crippen MR) is 97.1 cm³/mol. The van der Waals surface area contributed by atoms with Crippen LogP contribution < -0.4 is 17.0 Å². The van der Waals surface area contributed by atoms with Crippen LogP contribution in [-0.2, 0) is 0 Å². The van der Waals surface area contributed by atoms with Gasteiger partial charge >= 0.3 is 5.69 Å². The number of nitrogens with one attached hydrogen (secondary N) is 1. The molecule has 0 radical (unpaired) electrons. The molecule has 7 nitrogen and oxygen atoms in total. The summed E-state index contributed by atoms with van der Waals surface area (Å²) in [5, 5.41) is 0. The Kier molecular flexibility index (Phi) is 3.18. The minimum absolute atomic E-state index is 0.111. The predicted octanol–water partition coefficient (Wildman–Crippen LogP) is 1.82. The van der Waals surface area contributed by atoms with E-state index in [0.29, 0.717) is 22.4 Å². The lowest BCUT2D eigenvalue weighted by Crippen LogP contribution is -2.30. The van der Waals surface area contributed by atoms with Gasteiger partial charge in [0.2, 0.25) is 0 Å². The SMILES string of the molecule is Cc1cc2nc3c(=O)[nH]c(=O)n(-c4ccccc4C)c3nc2cc1N. The molecule has 4 aromatic rings. The third kappa shape index (κ3) is 2.28. The molecule has 7 heteroatoms. The lowest BCUT2D eigenvalue weighted by Gasteiger charge is -2.12. The van der Waals surface area contributed by atoms with Gasteiger partial charge in [0.15, 0.2) is 11.2 Å². The number of fused-ring (bicyclic) bond motifs is 2. The number of H-pyrrole nitrogens is 1. The van der Waals surface area contributed by atoms with E-state index < -0.39 is 11.2 Å². The van der Waals surface area contributed by atoms with Crippen LogP contribution in [0.2, 0.25) is 0 Å². The van der Waals surface area contributed by atoms with E-state index in [1.807, 2.05) is 32.0 Å². The molecule has 0 saturated heterocycles. The summed E-state index contributed by atoms with van der Waals surface area (Å²) in [6, 6.07) is 10.9. The van der Waals surface area contributed by atoms with Gasteiger partial charge in [0.1, 0.15) is 0 Å². The van der Waals surface area contributed by atoms with E-state index in [2.05, 4.69) is 15.0 Å². The van der Waals surface area contributed by atoms with Crippen molar-refractivity contribution in [3.8, 4) is 5.69 Å². The molecule has 4 rings (SSSR count). The number of benzene rings is 2. The first-order chi connectivity index (χ1) is 12.0. The Morgan fingerprint density at radius 3 is 2.48 bits per heavy atom. The maximum atomic E-state index is 12.5. The maximum Gasteiger partial charge on any atom is 0.334 e. The molecule has 25 heavy (non-hydrogen) atoms. The number of nitrogen functional groups attached to an aromatic ring is 1. The van der Waals surface area contributed by atoms with Crippen molar-refractivity contribution in [1.29, 1.82) is 0 Å². The second-order valence-electron chi connectivity index (χ2n) is 5.97. The zero-order valence-corrected chi connectivity index (χ0v) is 13.7. The van der Waals surface area contributed by atoms with Gasteiger partial charge in [-0.1, -0.05) is 18.2 Å². The van der Waals surface area contributed by atoms with Crippen molar-refractivity contribution in [3.05, 3.63) is 68.4 Å². The van der Waals surface area contributed by atoms with Gasteiger partial charge in [-0.05, 0) is 43.2 Å². The summed E-state index contributed by atoms with van der Waals surface area (Å²) in [6.07, 6.45) is 0. The van der Waals surface area contributed by atoms with E-state index in [-0.39, 0.29) is 11.2 Å². The fourth-order valence-electron chi connectivity index (χ4n) is 2.87. The van der Waals surface area contributed by atoms with Crippen LogP contribution in [0.25, 0.3) is 27.9 Å². The molecular formula is C18H15N5O2. The van der Waals surface area contributed by atoms with Gasteiger partial charge in [0.25, 0.3) is 5.56 Å². The van der Waals surface area contributed by atoms with Crippen molar-refractivity contribution < 1.29 is 0 Å². The third-order valence-electron chi connectivity index (χ3n) is 4.24. The second-order valence-corrected chi connectivity index (χ2v) is 5.97. The number of anilines is 1. The van der Waals surface area contributed by atoms with E-state index in [0.717, 1.165) is 11.1 Å². The zero-order valence-electron chi connectivity index (χ0n) is 13.7. The van der Waals surface area contributed by atoms with Crippen molar-refractivity contribution in [3.63, 3.8) is 0 Å². The van der Waals surface area contributed by atoms with Crippen molar-refractivity contribution in [2.24, 2.45) is 0 Å². The van der Waals surface area contributed by atoms with Crippen LogP contribution in [-0.4, -0.2) is 19.5 Å². The van der Waals surface area contributed by atoms with Crippen molar-refractivity contribution in [2.75, 3.05) is 5.73 Å². The molecular weight excluding hydrogens is 318 g/mol. The highest BCUT2D eigenvalue weighted by Gasteiger charge is 2.15. The summed E-state index contributed by atoms with van der Waals surface area (Å²) < 4.78 is 1.37. The van der Waals surface area contributed by atoms with E-state index >= 15 is 0 Å². The number of aromatic nitrogens is 4. The Bertz CT molecular complexity index is 1270. The standard InChI is InChI=1S/C18H15N5O2/c1-9-5-3-4-6-14(9)23-16-15(17(24)22-18(23)25)20-12-7-10(2)11(19)8-13(12)21-16/h3-8H,19H2,1-2H3,(H,22,24,25). The lowest BCUT2D eigenvalue weighted by molar-refractivity contribution is 0.916. The Balaban J connectivity index is 2.22. The number of nitrogens with two attached hydrogens (primary N) is 1. The van der Waals surface area contributed by atoms with Crippen LogP contribution in [0.4, 0.5) is 5.69 Å². The molecule has 124 valence electrons. The van der Waals surface area contributed by atoms with E-state index in [4.69, 9.17) is 5.73 Å². The molecule has 3 N–H and O–H groups in total. The monoisotopic (exact) mass is 333 g/mol. The summed E-state index contributed by atoms with van der Waals surface area (Å²) in [5.41, 5.74) is 9.20. The van der Waals surface area contributed by atoms with Gasteiger partial charge in [-0.25, -0.2) is 19.3 Å². The van der Waals surface area contributed by atoms with Gasteiger partial charge in [-0.3, -0.25) is 9.78 Å². The number of hydrogen-bond donors (Lipinski definition) is 2. The largest absolute Gasteiger partial charge is 0.398 e. The third-order valence-corrected chi connectivity index (χ3v) is 4.24. The molecule has 0 aliphatic heterocycles. The van der Waals surface area contributed by atoms with Crippen molar-refractivity contribution >= 4 is 27.9 Å². The highest BCUT2D eigenvalue weighted by molar-refractivity contribution is 5.87. The zero-order chi connectivity index (χ0) is 17.7. The number of rotatable bonds is 1. The Morgan fingerprint density at radius 2 is 1.72 bits per heavy atom. The van der Waals surface area contributed by atoms with Crippen molar-refractivity contribution in [2.45, 2.75) is 13.8 Å². The summed E-state index contributed by atoms with van der Waals surface area (Å²) in [6.45, 7) is 3.74. The lowest BCUT2D eigenvalue weighted by atomic mass is 10.1. The highest BCUT2D eigenvalue weighted by atomic mass is 16.2. The van der Waals surface area contributed by atoms with Crippen LogP contribution in [0.3, 0.4) is 0 Å². The van der Waals surface area contributed by atoms with E-state index in [1.54, 1.807) is 18.2 Å². The summed E-state index contributed by atoms with van der Waals surface area (Å²) in [7, 11) is 0. The van der Waals surface area contributed by atoms with Gasteiger partial charge < -0.3 is 5.73 Å². The van der Waals surface area contributed by atoms with Crippen LogP contribution >= 0.6 is 0 Å². The highest BCUT2D eigenvalue weighted by Crippen LogP contribution is 2.21. The minimum Gasteiger partial charge on any atom is -0.398 e. The molecule has 0 atom stereocenters. The van der Waals surface area contributed by atoms with Gasteiger partial charge in [-0.2, -0.15) is 0 Å². The summed E-state index contributed by atoms with van der Waals surface area (Å²) in [5.74, 6) is 0. The Hall–Kier alpha value is -3.48. The van der Waals surface area contributed by atoms with Gasteiger partial charge in [-0.15, -0.1) is 0 Å². The normalized spacial score (nSPS) is 11.3. The van der Waals surface area contributed by atoms with E-state index in [9.17, 15) is 9.59 Å². The average Bonchev–Trinajstić information content (AvgIpc) is 2.56. The quantitative estimate of drug-likeness (QED) is 0.408. The first-order valence-electron chi connectivity index (χ1n) is 7.74. The molecule has 0 spiro atoms. The molecule has 2 aromatic carbocycles. The molecule has 0 unspecified atom stereocenters. The van der Waals surface area contributed by atoms with Crippen LogP contribution in [0.1, 0.15) is 11.1 Å². The molecule has 0 saturated carbocycles. The fourth-order valence-corrected chi connectivity index (χ4v) is 2.87. The Labute approximate surface area is 141 Å². The summed E-state index contributed by atoms with van der Waals surface area (Å²) >= 11 is 0. The van der Waals surface area contributed by atoms with Crippen LogP contribution in [0.15, 0.2) is 46.0 Å². The first-order valence-corrected chi connectivity index (χ1v) is 7.74. The number of para-hydroxylation sites is 1. The molecule has 0 bridgehead atoms. The smallest absolute Gasteiger partial charge is 0.334 e. The topological polar surface area (TPSA) is 107 Å². The van der Waals surface area contributed by atoms with Gasteiger partial charge in [0.05, 0.1) is 16.7 Å². The number of aromatic amines is 1. The second kappa shape index (κ2) is 5.27. The first kappa shape index (κ1) is 15.1. The maximum absolute atomic E-state index is 12.5. The fraction of sp³-hybridized carbons (Fsp3) is 0.111. The molecule has 0 aliphatic rings. The van der Waals surface area contributed by atoms with E-state index in [1.165, 1.54) is 4.57 Å². The molecule has 2 heterocycles. The van der Waals surface area contributed by atoms with Crippen molar-refractivity contribution in [1.82, 2.24) is 19.5 Å². The molecule has 0 aliphatic carbocycles. The number of hydrogen-bond acceptors (Lipinski definition) is 5.